The van der Waals surface area contributed by atoms with Gasteiger partial charge in [0.05, 0.1) is 17.1 Å². The Labute approximate surface area is 125 Å². The Morgan fingerprint density at radius 3 is 2.52 bits per heavy atom. The van der Waals surface area contributed by atoms with Gasteiger partial charge in [0, 0.05) is 6.42 Å². The minimum atomic E-state index is -0.0422. The van der Waals surface area contributed by atoms with Gasteiger partial charge < -0.3 is 16.8 Å². The Balaban J connectivity index is 1.82. The van der Waals surface area contributed by atoms with Crippen LogP contribution < -0.4 is 16.8 Å². The number of amides is 1. The molecule has 0 unspecified atom stereocenters. The number of carbonyl (C=O) groups is 1. The molecular formula is C17H21N3O. The molecule has 0 heterocycles. The number of anilines is 3. The number of para-hydroxylation sites is 1. The highest BCUT2D eigenvalue weighted by atomic mass is 16.1. The van der Waals surface area contributed by atoms with Gasteiger partial charge in [0.1, 0.15) is 0 Å². The summed E-state index contributed by atoms with van der Waals surface area (Å²) in [7, 11) is 0. The fraction of sp³-hybridized carbons (Fsp3) is 0.235. The number of nitrogens with one attached hydrogen (secondary N) is 1. The van der Waals surface area contributed by atoms with E-state index in [-0.39, 0.29) is 5.91 Å². The third-order valence-electron chi connectivity index (χ3n) is 3.40. The van der Waals surface area contributed by atoms with E-state index in [4.69, 9.17) is 11.5 Å². The molecule has 110 valence electrons. The van der Waals surface area contributed by atoms with Gasteiger partial charge >= 0.3 is 0 Å². The zero-order valence-corrected chi connectivity index (χ0v) is 12.2. The van der Waals surface area contributed by atoms with Gasteiger partial charge in [0.25, 0.3) is 0 Å². The number of carbonyl (C=O) groups excluding carboxylic acids is 1. The number of rotatable bonds is 5. The molecule has 0 bridgehead atoms. The first-order valence-corrected chi connectivity index (χ1v) is 7.05. The molecule has 0 spiro atoms. The molecule has 0 aliphatic carbocycles. The number of nitrogen functional groups attached to an aromatic ring is 2. The second-order valence-electron chi connectivity index (χ2n) is 5.20. The van der Waals surface area contributed by atoms with E-state index in [1.807, 2.05) is 0 Å². The minimum absolute atomic E-state index is 0.0422. The lowest BCUT2D eigenvalue weighted by atomic mass is 10.1. The molecule has 0 aliphatic heterocycles. The third kappa shape index (κ3) is 4.24. The molecule has 0 radical (unpaired) electrons. The molecule has 0 saturated heterocycles. The highest BCUT2D eigenvalue weighted by Crippen LogP contribution is 2.24. The first-order valence-electron chi connectivity index (χ1n) is 7.05. The van der Waals surface area contributed by atoms with Crippen LogP contribution in [0.15, 0.2) is 42.5 Å². The molecule has 0 aliphatic rings. The number of hydrogen-bond acceptors (Lipinski definition) is 3. The normalized spacial score (nSPS) is 10.3. The Kier molecular flexibility index (Phi) is 4.82. The second-order valence-corrected chi connectivity index (χ2v) is 5.20. The van der Waals surface area contributed by atoms with Gasteiger partial charge in [-0.15, -0.1) is 0 Å². The SMILES string of the molecule is Cc1ccc(CCCC(=O)Nc2cccc(N)c2N)cc1. The molecule has 2 aromatic carbocycles. The van der Waals surface area contributed by atoms with Crippen LogP contribution in [-0.4, -0.2) is 5.91 Å². The maximum atomic E-state index is 11.9. The highest BCUT2D eigenvalue weighted by molar-refractivity contribution is 5.95. The zero-order chi connectivity index (χ0) is 15.2. The zero-order valence-electron chi connectivity index (χ0n) is 12.2. The quantitative estimate of drug-likeness (QED) is 0.737. The third-order valence-corrected chi connectivity index (χ3v) is 3.40. The van der Waals surface area contributed by atoms with E-state index in [0.717, 1.165) is 12.8 Å². The summed E-state index contributed by atoms with van der Waals surface area (Å²) in [5, 5.41) is 2.80. The van der Waals surface area contributed by atoms with Crippen molar-refractivity contribution in [1.82, 2.24) is 0 Å². The van der Waals surface area contributed by atoms with Gasteiger partial charge in [-0.1, -0.05) is 35.9 Å². The van der Waals surface area contributed by atoms with Crippen molar-refractivity contribution in [2.45, 2.75) is 26.2 Å². The van der Waals surface area contributed by atoms with Crippen LogP contribution in [0.25, 0.3) is 0 Å². The maximum absolute atomic E-state index is 11.9. The lowest BCUT2D eigenvalue weighted by Gasteiger charge is -2.09. The van der Waals surface area contributed by atoms with E-state index >= 15 is 0 Å². The van der Waals surface area contributed by atoms with Crippen LogP contribution in [0.2, 0.25) is 0 Å². The van der Waals surface area contributed by atoms with Crippen molar-refractivity contribution in [2.75, 3.05) is 16.8 Å². The van der Waals surface area contributed by atoms with Crippen molar-refractivity contribution < 1.29 is 4.79 Å². The van der Waals surface area contributed by atoms with Crippen LogP contribution >= 0.6 is 0 Å². The summed E-state index contributed by atoms with van der Waals surface area (Å²) in [6.45, 7) is 2.06. The van der Waals surface area contributed by atoms with Crippen molar-refractivity contribution in [2.24, 2.45) is 0 Å². The molecule has 0 fully saturated rings. The molecule has 2 aromatic rings. The molecule has 1 amide bonds. The Hall–Kier alpha value is -2.49. The van der Waals surface area contributed by atoms with Crippen LogP contribution in [0.3, 0.4) is 0 Å². The number of aryl methyl sites for hydroxylation is 2. The average Bonchev–Trinajstić information content (AvgIpc) is 2.46. The summed E-state index contributed by atoms with van der Waals surface area (Å²) < 4.78 is 0. The summed E-state index contributed by atoms with van der Waals surface area (Å²) in [6, 6.07) is 13.6. The van der Waals surface area contributed by atoms with E-state index in [0.29, 0.717) is 23.5 Å². The first kappa shape index (κ1) is 14.9. The number of benzene rings is 2. The van der Waals surface area contributed by atoms with Gasteiger partial charge in [-0.3, -0.25) is 4.79 Å². The summed E-state index contributed by atoms with van der Waals surface area (Å²) in [6.07, 6.45) is 2.15. The lowest BCUT2D eigenvalue weighted by molar-refractivity contribution is -0.116. The smallest absolute Gasteiger partial charge is 0.224 e. The highest BCUT2D eigenvalue weighted by Gasteiger charge is 2.07. The lowest BCUT2D eigenvalue weighted by Crippen LogP contribution is -2.13. The topological polar surface area (TPSA) is 81.1 Å². The van der Waals surface area contributed by atoms with Crippen LogP contribution in [-0.2, 0) is 11.2 Å². The van der Waals surface area contributed by atoms with E-state index in [9.17, 15) is 4.79 Å². The molecule has 0 saturated carbocycles. The molecule has 0 atom stereocenters. The summed E-state index contributed by atoms with van der Waals surface area (Å²) in [4.78, 5) is 11.9. The summed E-state index contributed by atoms with van der Waals surface area (Å²) in [5.74, 6) is -0.0422. The van der Waals surface area contributed by atoms with Crippen LogP contribution in [0.5, 0.6) is 0 Å². The summed E-state index contributed by atoms with van der Waals surface area (Å²) >= 11 is 0. The van der Waals surface area contributed by atoms with Crippen molar-refractivity contribution in [3.63, 3.8) is 0 Å². The predicted octanol–water partition coefficient (Wildman–Crippen LogP) is 3.12. The second kappa shape index (κ2) is 6.79. The maximum Gasteiger partial charge on any atom is 0.224 e. The largest absolute Gasteiger partial charge is 0.397 e. The molecule has 4 nitrogen and oxygen atoms in total. The molecule has 4 heteroatoms. The molecular weight excluding hydrogens is 262 g/mol. The van der Waals surface area contributed by atoms with Gasteiger partial charge in [-0.2, -0.15) is 0 Å². The van der Waals surface area contributed by atoms with Crippen molar-refractivity contribution in [3.8, 4) is 0 Å². The first-order chi connectivity index (χ1) is 10.1. The number of nitrogens with two attached hydrogens (primary N) is 2. The molecule has 5 N–H and O–H groups in total. The van der Waals surface area contributed by atoms with E-state index in [2.05, 4.69) is 36.5 Å². The van der Waals surface area contributed by atoms with Crippen LogP contribution in [0, 0.1) is 6.92 Å². The standard InChI is InChI=1S/C17H21N3O/c1-12-8-10-13(11-9-12)4-2-7-16(21)20-15-6-3-5-14(18)17(15)19/h3,5-6,8-11H,2,4,7,18-19H2,1H3,(H,20,21). The van der Waals surface area contributed by atoms with E-state index in [1.54, 1.807) is 18.2 Å². The fourth-order valence-corrected chi connectivity index (χ4v) is 2.11. The van der Waals surface area contributed by atoms with Crippen molar-refractivity contribution >= 4 is 23.0 Å². The van der Waals surface area contributed by atoms with Gasteiger partial charge in [-0.25, -0.2) is 0 Å². The predicted molar refractivity (Wildman–Crippen MR) is 88.0 cm³/mol. The van der Waals surface area contributed by atoms with Crippen LogP contribution in [0.1, 0.15) is 24.0 Å². The average molecular weight is 283 g/mol. The van der Waals surface area contributed by atoms with Crippen molar-refractivity contribution in [3.05, 3.63) is 53.6 Å². The van der Waals surface area contributed by atoms with Gasteiger partial charge in [0.15, 0.2) is 0 Å². The van der Waals surface area contributed by atoms with Gasteiger partial charge in [0.2, 0.25) is 5.91 Å². The monoisotopic (exact) mass is 283 g/mol. The van der Waals surface area contributed by atoms with E-state index < -0.39 is 0 Å². The molecule has 21 heavy (non-hydrogen) atoms. The minimum Gasteiger partial charge on any atom is -0.397 e. The van der Waals surface area contributed by atoms with E-state index in [1.165, 1.54) is 11.1 Å². The fourth-order valence-electron chi connectivity index (χ4n) is 2.11. The Morgan fingerprint density at radius 2 is 1.81 bits per heavy atom. The summed E-state index contributed by atoms with van der Waals surface area (Å²) in [5.41, 5.74) is 15.5. The molecule has 0 aromatic heterocycles. The van der Waals surface area contributed by atoms with Crippen molar-refractivity contribution in [1.29, 1.82) is 0 Å². The molecule has 2 rings (SSSR count). The number of hydrogen-bond donors (Lipinski definition) is 3. The Morgan fingerprint density at radius 1 is 1.10 bits per heavy atom. The van der Waals surface area contributed by atoms with Crippen LogP contribution in [0.4, 0.5) is 17.1 Å². The Bertz CT molecular complexity index is 620. The van der Waals surface area contributed by atoms with Gasteiger partial charge in [-0.05, 0) is 37.5 Å².